The Hall–Kier alpha value is -1.91. The van der Waals surface area contributed by atoms with Crippen molar-refractivity contribution in [2.45, 2.75) is 13.0 Å². The van der Waals surface area contributed by atoms with Gasteiger partial charge in [-0.1, -0.05) is 48.1 Å². The summed E-state index contributed by atoms with van der Waals surface area (Å²) in [5.41, 5.74) is 8.09. The summed E-state index contributed by atoms with van der Waals surface area (Å²) in [4.78, 5) is 12.5. The molecule has 0 aliphatic heterocycles. The van der Waals surface area contributed by atoms with Crippen LogP contribution in [0, 0.1) is 0 Å². The minimum atomic E-state index is -0.119. The number of hydrogen-bond donors (Lipinski definition) is 2. The van der Waals surface area contributed by atoms with Gasteiger partial charge in [-0.15, -0.1) is 0 Å². The predicted molar refractivity (Wildman–Crippen MR) is 89.6 cm³/mol. The maximum atomic E-state index is 12.0. The molecule has 0 atom stereocenters. The smallest absolute Gasteiger partial charge is 0.251 e. The van der Waals surface area contributed by atoms with Crippen molar-refractivity contribution in [1.82, 2.24) is 5.32 Å². The molecule has 3 nitrogen and oxygen atoms in total. The first kappa shape index (κ1) is 15.5. The van der Waals surface area contributed by atoms with Gasteiger partial charge in [0.05, 0.1) is 4.99 Å². The van der Waals surface area contributed by atoms with E-state index >= 15 is 0 Å². The Kier molecular flexibility index (Phi) is 5.31. The molecule has 2 aromatic rings. The molecule has 0 unspecified atom stereocenters. The number of carbonyl (C=O) groups is 1. The summed E-state index contributed by atoms with van der Waals surface area (Å²) >= 11 is 10.7. The normalized spacial score (nSPS) is 10.1. The predicted octanol–water partition coefficient (Wildman–Crippen LogP) is 3.10. The summed E-state index contributed by atoms with van der Waals surface area (Å²) in [6, 6.07) is 14.6. The molecule has 0 aliphatic carbocycles. The third-order valence-corrected chi connectivity index (χ3v) is 3.36. The second-order valence-corrected chi connectivity index (χ2v) is 5.61. The molecule has 5 heteroatoms. The Morgan fingerprint density at radius 1 is 1.05 bits per heavy atom. The molecule has 0 heterocycles. The van der Waals surface area contributed by atoms with E-state index in [1.165, 1.54) is 0 Å². The Morgan fingerprint density at radius 2 is 1.62 bits per heavy atom. The summed E-state index contributed by atoms with van der Waals surface area (Å²) in [7, 11) is 0. The second kappa shape index (κ2) is 7.20. The number of thiocarbonyl (C=S) groups is 1. The van der Waals surface area contributed by atoms with Crippen molar-refractivity contribution in [1.29, 1.82) is 0 Å². The third kappa shape index (κ3) is 4.85. The van der Waals surface area contributed by atoms with E-state index in [2.05, 4.69) is 5.32 Å². The molecule has 108 valence electrons. The van der Waals surface area contributed by atoms with Gasteiger partial charge in [0.15, 0.2) is 0 Å². The Morgan fingerprint density at radius 3 is 2.19 bits per heavy atom. The van der Waals surface area contributed by atoms with Crippen molar-refractivity contribution in [2.24, 2.45) is 5.73 Å². The van der Waals surface area contributed by atoms with Crippen LogP contribution >= 0.6 is 23.8 Å². The molecule has 0 bridgehead atoms. The van der Waals surface area contributed by atoms with Gasteiger partial charge in [0.2, 0.25) is 0 Å². The van der Waals surface area contributed by atoms with Crippen LogP contribution in [0.2, 0.25) is 5.02 Å². The highest BCUT2D eigenvalue weighted by molar-refractivity contribution is 7.80. The second-order valence-electron chi connectivity index (χ2n) is 4.65. The maximum Gasteiger partial charge on any atom is 0.251 e. The number of halogens is 1. The molecule has 0 saturated carbocycles. The lowest BCUT2D eigenvalue weighted by Crippen LogP contribution is -2.22. The lowest BCUT2D eigenvalue weighted by Gasteiger charge is -2.06. The van der Waals surface area contributed by atoms with Crippen LogP contribution in [0.3, 0.4) is 0 Å². The lowest BCUT2D eigenvalue weighted by molar-refractivity contribution is 0.0951. The quantitative estimate of drug-likeness (QED) is 0.833. The third-order valence-electron chi connectivity index (χ3n) is 2.96. The summed E-state index contributed by atoms with van der Waals surface area (Å²) in [5.74, 6) is -0.119. The van der Waals surface area contributed by atoms with Crippen molar-refractivity contribution in [3.05, 3.63) is 70.2 Å². The largest absolute Gasteiger partial charge is 0.393 e. The molecule has 0 radical (unpaired) electrons. The van der Waals surface area contributed by atoms with E-state index in [-0.39, 0.29) is 5.91 Å². The van der Waals surface area contributed by atoms with Gasteiger partial charge in [0.1, 0.15) is 0 Å². The summed E-state index contributed by atoms with van der Waals surface area (Å²) in [6.07, 6.45) is 0.544. The average Bonchev–Trinajstić information content (AvgIpc) is 2.46. The van der Waals surface area contributed by atoms with E-state index in [1.807, 2.05) is 24.3 Å². The van der Waals surface area contributed by atoms with Gasteiger partial charge in [0, 0.05) is 23.6 Å². The van der Waals surface area contributed by atoms with Gasteiger partial charge in [-0.25, -0.2) is 0 Å². The summed E-state index contributed by atoms with van der Waals surface area (Å²) in [5, 5.41) is 3.54. The molecule has 3 N–H and O–H groups in total. The first-order valence-electron chi connectivity index (χ1n) is 6.44. The van der Waals surface area contributed by atoms with E-state index in [1.54, 1.807) is 24.3 Å². The van der Waals surface area contributed by atoms with Gasteiger partial charge < -0.3 is 11.1 Å². The van der Waals surface area contributed by atoms with Crippen molar-refractivity contribution >= 4 is 34.7 Å². The number of nitrogens with two attached hydrogens (primary N) is 1. The van der Waals surface area contributed by atoms with E-state index in [9.17, 15) is 4.79 Å². The van der Waals surface area contributed by atoms with Gasteiger partial charge in [-0.3, -0.25) is 4.79 Å². The number of carbonyl (C=O) groups excluding carboxylic acids is 1. The fourth-order valence-corrected chi connectivity index (χ4v) is 2.15. The molecule has 0 aromatic heterocycles. The summed E-state index contributed by atoms with van der Waals surface area (Å²) < 4.78 is 0. The van der Waals surface area contributed by atoms with Crippen LogP contribution in [-0.2, 0) is 13.0 Å². The standard InChI is InChI=1S/C16H15ClN2OS/c17-14-7-3-12(4-8-14)10-19-16(20)13-5-1-11(2-6-13)9-15(18)21/h1-8H,9-10H2,(H2,18,21)(H,19,20). The molecular weight excluding hydrogens is 304 g/mol. The maximum absolute atomic E-state index is 12.0. The van der Waals surface area contributed by atoms with Crippen molar-refractivity contribution in [2.75, 3.05) is 0 Å². The zero-order valence-corrected chi connectivity index (χ0v) is 12.9. The van der Waals surface area contributed by atoms with Gasteiger partial charge in [-0.2, -0.15) is 0 Å². The van der Waals surface area contributed by atoms with Crippen LogP contribution in [0.4, 0.5) is 0 Å². The molecule has 2 rings (SSSR count). The van der Waals surface area contributed by atoms with E-state index in [0.717, 1.165) is 11.1 Å². The van der Waals surface area contributed by atoms with E-state index < -0.39 is 0 Å². The lowest BCUT2D eigenvalue weighted by atomic mass is 10.1. The highest BCUT2D eigenvalue weighted by atomic mass is 35.5. The van der Waals surface area contributed by atoms with Crippen molar-refractivity contribution < 1.29 is 4.79 Å². The number of hydrogen-bond acceptors (Lipinski definition) is 2. The van der Waals surface area contributed by atoms with Crippen molar-refractivity contribution in [3.8, 4) is 0 Å². The molecular formula is C16H15ClN2OS. The Bertz CT molecular complexity index is 638. The molecule has 2 aromatic carbocycles. The van der Waals surface area contributed by atoms with Gasteiger partial charge >= 0.3 is 0 Å². The first-order chi connectivity index (χ1) is 10.0. The molecule has 0 saturated heterocycles. The van der Waals surface area contributed by atoms with E-state index in [4.69, 9.17) is 29.6 Å². The van der Waals surface area contributed by atoms with Crippen LogP contribution in [0.15, 0.2) is 48.5 Å². The van der Waals surface area contributed by atoms with Crippen LogP contribution < -0.4 is 11.1 Å². The van der Waals surface area contributed by atoms with Crippen LogP contribution in [0.5, 0.6) is 0 Å². The first-order valence-corrected chi connectivity index (χ1v) is 7.23. The Balaban J connectivity index is 1.93. The number of nitrogens with one attached hydrogen (secondary N) is 1. The van der Waals surface area contributed by atoms with E-state index in [0.29, 0.717) is 28.5 Å². The molecule has 0 fully saturated rings. The van der Waals surface area contributed by atoms with Crippen LogP contribution in [-0.4, -0.2) is 10.9 Å². The fourth-order valence-electron chi connectivity index (χ4n) is 1.86. The van der Waals surface area contributed by atoms with Crippen molar-refractivity contribution in [3.63, 3.8) is 0 Å². The van der Waals surface area contributed by atoms with Gasteiger partial charge in [-0.05, 0) is 35.4 Å². The summed E-state index contributed by atoms with van der Waals surface area (Å²) in [6.45, 7) is 0.463. The fraction of sp³-hybridized carbons (Fsp3) is 0.125. The zero-order valence-electron chi connectivity index (χ0n) is 11.3. The minimum Gasteiger partial charge on any atom is -0.393 e. The highest BCUT2D eigenvalue weighted by Gasteiger charge is 2.05. The molecule has 21 heavy (non-hydrogen) atoms. The SMILES string of the molecule is NC(=S)Cc1ccc(C(=O)NCc2ccc(Cl)cc2)cc1. The number of amides is 1. The zero-order chi connectivity index (χ0) is 15.2. The van der Waals surface area contributed by atoms with Crippen LogP contribution in [0.25, 0.3) is 0 Å². The number of benzene rings is 2. The van der Waals surface area contributed by atoms with Gasteiger partial charge in [0.25, 0.3) is 5.91 Å². The highest BCUT2D eigenvalue weighted by Crippen LogP contribution is 2.10. The molecule has 0 aliphatic rings. The average molecular weight is 319 g/mol. The topological polar surface area (TPSA) is 55.1 Å². The minimum absolute atomic E-state index is 0.119. The monoisotopic (exact) mass is 318 g/mol. The van der Waals surface area contributed by atoms with Crippen LogP contribution in [0.1, 0.15) is 21.5 Å². The molecule has 1 amide bonds. The number of rotatable bonds is 5. The Labute approximate surface area is 134 Å². The molecule has 0 spiro atoms.